The Kier molecular flexibility index (Phi) is 5.17. The van der Waals surface area contributed by atoms with Gasteiger partial charge in [-0.25, -0.2) is 4.39 Å². The molecule has 0 fully saturated rings. The molecule has 1 atom stereocenters. The van der Waals surface area contributed by atoms with Crippen molar-refractivity contribution in [1.82, 2.24) is 0 Å². The van der Waals surface area contributed by atoms with Crippen molar-refractivity contribution in [2.75, 3.05) is 6.61 Å². The Balaban J connectivity index is 2.20. The average molecular weight is 289 g/mol. The first-order valence-electron chi connectivity index (χ1n) is 7.04. The summed E-state index contributed by atoms with van der Waals surface area (Å²) in [7, 11) is 0. The molecule has 2 N–H and O–H groups in total. The smallest absolute Gasteiger partial charge is 0.133 e. The molecule has 2 aromatic rings. The SMILES string of the molecule is CCOc1ccc(Oc2cccc(F)c2CC(C)N)cc1. The standard InChI is InChI=1S/C17H20FNO2/c1-3-20-13-7-9-14(10-8-13)21-17-6-4-5-16(18)15(17)11-12(2)19/h4-10,12H,3,11,19H2,1-2H3. The molecule has 0 amide bonds. The molecule has 0 heterocycles. The van der Waals surface area contributed by atoms with E-state index in [1.807, 2.05) is 26.0 Å². The van der Waals surface area contributed by atoms with Gasteiger partial charge in [0.25, 0.3) is 0 Å². The zero-order chi connectivity index (χ0) is 15.2. The lowest BCUT2D eigenvalue weighted by Crippen LogP contribution is -2.19. The maximum Gasteiger partial charge on any atom is 0.133 e. The van der Waals surface area contributed by atoms with E-state index in [2.05, 4.69) is 0 Å². The summed E-state index contributed by atoms with van der Waals surface area (Å²) in [5, 5.41) is 0. The van der Waals surface area contributed by atoms with E-state index < -0.39 is 0 Å². The van der Waals surface area contributed by atoms with E-state index in [1.165, 1.54) is 6.07 Å². The van der Waals surface area contributed by atoms with Crippen LogP contribution in [0, 0.1) is 5.82 Å². The van der Waals surface area contributed by atoms with Crippen molar-refractivity contribution < 1.29 is 13.9 Å². The third-order valence-electron chi connectivity index (χ3n) is 2.96. The fourth-order valence-electron chi connectivity index (χ4n) is 2.05. The molecular weight excluding hydrogens is 269 g/mol. The van der Waals surface area contributed by atoms with Gasteiger partial charge in [0, 0.05) is 11.6 Å². The fourth-order valence-corrected chi connectivity index (χ4v) is 2.05. The van der Waals surface area contributed by atoms with Crippen molar-refractivity contribution in [1.29, 1.82) is 0 Å². The highest BCUT2D eigenvalue weighted by atomic mass is 19.1. The van der Waals surface area contributed by atoms with Crippen LogP contribution in [0.1, 0.15) is 19.4 Å². The van der Waals surface area contributed by atoms with E-state index in [0.717, 1.165) is 5.75 Å². The first kappa shape index (κ1) is 15.3. The number of benzene rings is 2. The zero-order valence-corrected chi connectivity index (χ0v) is 12.3. The van der Waals surface area contributed by atoms with Crippen LogP contribution in [-0.2, 0) is 6.42 Å². The number of halogens is 1. The van der Waals surface area contributed by atoms with Crippen LogP contribution in [0.4, 0.5) is 4.39 Å². The fraction of sp³-hybridized carbons (Fsp3) is 0.294. The lowest BCUT2D eigenvalue weighted by Gasteiger charge is -2.14. The van der Waals surface area contributed by atoms with Crippen molar-refractivity contribution >= 4 is 0 Å². The Labute approximate surface area is 124 Å². The number of hydrogen-bond donors (Lipinski definition) is 1. The second-order valence-electron chi connectivity index (χ2n) is 4.90. The highest BCUT2D eigenvalue weighted by molar-refractivity contribution is 5.40. The molecule has 0 aliphatic carbocycles. The number of ether oxygens (including phenoxy) is 2. The van der Waals surface area contributed by atoms with Gasteiger partial charge in [0.05, 0.1) is 6.61 Å². The van der Waals surface area contributed by atoms with E-state index in [-0.39, 0.29) is 11.9 Å². The molecule has 0 saturated heterocycles. The first-order chi connectivity index (χ1) is 10.1. The van der Waals surface area contributed by atoms with Crippen LogP contribution in [0.25, 0.3) is 0 Å². The molecule has 0 bridgehead atoms. The molecule has 0 aliphatic rings. The van der Waals surface area contributed by atoms with Gasteiger partial charge in [-0.05, 0) is 56.7 Å². The van der Waals surface area contributed by atoms with Gasteiger partial charge in [0.2, 0.25) is 0 Å². The maximum absolute atomic E-state index is 13.9. The monoisotopic (exact) mass is 289 g/mol. The summed E-state index contributed by atoms with van der Waals surface area (Å²) in [6.45, 7) is 4.38. The summed E-state index contributed by atoms with van der Waals surface area (Å²) in [5.74, 6) is 1.61. The minimum Gasteiger partial charge on any atom is -0.494 e. The van der Waals surface area contributed by atoms with Crippen LogP contribution < -0.4 is 15.2 Å². The summed E-state index contributed by atoms with van der Waals surface area (Å²) < 4.78 is 25.1. The van der Waals surface area contributed by atoms with E-state index >= 15 is 0 Å². The molecule has 112 valence electrons. The van der Waals surface area contributed by atoms with Crippen LogP contribution >= 0.6 is 0 Å². The summed E-state index contributed by atoms with van der Waals surface area (Å²) >= 11 is 0. The third kappa shape index (κ3) is 4.20. The Morgan fingerprint density at radius 3 is 2.38 bits per heavy atom. The largest absolute Gasteiger partial charge is 0.494 e. The van der Waals surface area contributed by atoms with Crippen LogP contribution in [0.3, 0.4) is 0 Å². The third-order valence-corrected chi connectivity index (χ3v) is 2.96. The lowest BCUT2D eigenvalue weighted by molar-refractivity contribution is 0.339. The van der Waals surface area contributed by atoms with Gasteiger partial charge in [-0.2, -0.15) is 0 Å². The molecule has 0 aliphatic heterocycles. The Hall–Kier alpha value is -2.07. The zero-order valence-electron chi connectivity index (χ0n) is 12.3. The highest BCUT2D eigenvalue weighted by Gasteiger charge is 2.12. The molecule has 3 nitrogen and oxygen atoms in total. The highest BCUT2D eigenvalue weighted by Crippen LogP contribution is 2.29. The van der Waals surface area contributed by atoms with Gasteiger partial charge >= 0.3 is 0 Å². The Morgan fingerprint density at radius 2 is 1.76 bits per heavy atom. The van der Waals surface area contributed by atoms with Gasteiger partial charge < -0.3 is 15.2 Å². The van der Waals surface area contributed by atoms with Crippen LogP contribution in [0.2, 0.25) is 0 Å². The molecule has 4 heteroatoms. The minimum absolute atomic E-state index is 0.135. The molecule has 0 radical (unpaired) electrons. The normalized spacial score (nSPS) is 12.0. The second-order valence-corrected chi connectivity index (χ2v) is 4.90. The van der Waals surface area contributed by atoms with Crippen molar-refractivity contribution in [3.05, 3.63) is 53.8 Å². The molecular formula is C17H20FNO2. The number of rotatable bonds is 6. The average Bonchev–Trinajstić information content (AvgIpc) is 2.45. The predicted octanol–water partition coefficient (Wildman–Crippen LogP) is 3.91. The Morgan fingerprint density at radius 1 is 1.10 bits per heavy atom. The van der Waals surface area contributed by atoms with Gasteiger partial charge in [-0.1, -0.05) is 6.07 Å². The van der Waals surface area contributed by atoms with Gasteiger partial charge in [-0.3, -0.25) is 0 Å². The van der Waals surface area contributed by atoms with Gasteiger partial charge in [0.1, 0.15) is 23.1 Å². The lowest BCUT2D eigenvalue weighted by atomic mass is 10.1. The summed E-state index contributed by atoms with van der Waals surface area (Å²) in [5.41, 5.74) is 6.27. The van der Waals surface area contributed by atoms with E-state index in [4.69, 9.17) is 15.2 Å². The molecule has 21 heavy (non-hydrogen) atoms. The summed E-state index contributed by atoms with van der Waals surface area (Å²) in [6, 6.07) is 11.9. The number of nitrogens with two attached hydrogens (primary N) is 1. The first-order valence-corrected chi connectivity index (χ1v) is 7.04. The summed E-state index contributed by atoms with van der Waals surface area (Å²) in [4.78, 5) is 0. The van der Waals surface area contributed by atoms with E-state index in [1.54, 1.807) is 24.3 Å². The molecule has 0 spiro atoms. The molecule has 2 rings (SSSR count). The van der Waals surface area contributed by atoms with Crippen molar-refractivity contribution in [3.63, 3.8) is 0 Å². The number of hydrogen-bond acceptors (Lipinski definition) is 3. The van der Waals surface area contributed by atoms with Crippen molar-refractivity contribution in [3.8, 4) is 17.2 Å². The molecule has 1 unspecified atom stereocenters. The van der Waals surface area contributed by atoms with Crippen LogP contribution in [-0.4, -0.2) is 12.6 Å². The van der Waals surface area contributed by atoms with Crippen molar-refractivity contribution in [2.24, 2.45) is 5.73 Å². The maximum atomic E-state index is 13.9. The van der Waals surface area contributed by atoms with Gasteiger partial charge in [-0.15, -0.1) is 0 Å². The van der Waals surface area contributed by atoms with Crippen LogP contribution in [0.15, 0.2) is 42.5 Å². The van der Waals surface area contributed by atoms with Crippen LogP contribution in [0.5, 0.6) is 17.2 Å². The summed E-state index contributed by atoms with van der Waals surface area (Å²) in [6.07, 6.45) is 0.430. The molecule has 2 aromatic carbocycles. The quantitative estimate of drug-likeness (QED) is 0.877. The second kappa shape index (κ2) is 7.09. The Bertz CT molecular complexity index is 582. The van der Waals surface area contributed by atoms with E-state index in [0.29, 0.717) is 30.1 Å². The van der Waals surface area contributed by atoms with Crippen molar-refractivity contribution in [2.45, 2.75) is 26.3 Å². The molecule has 0 aromatic heterocycles. The topological polar surface area (TPSA) is 44.5 Å². The minimum atomic E-state index is -0.296. The van der Waals surface area contributed by atoms with E-state index in [9.17, 15) is 4.39 Å². The van der Waals surface area contributed by atoms with Gasteiger partial charge in [0.15, 0.2) is 0 Å². The molecule has 0 saturated carbocycles. The predicted molar refractivity (Wildman–Crippen MR) is 81.4 cm³/mol.